The number of guanidine groups is 1. The van der Waals surface area contributed by atoms with Crippen molar-refractivity contribution < 1.29 is 9.83 Å². The van der Waals surface area contributed by atoms with Gasteiger partial charge in [-0.25, -0.2) is 15.1 Å². The first kappa shape index (κ1) is 13.3. The third-order valence-corrected chi connectivity index (χ3v) is 1.98. The van der Waals surface area contributed by atoms with Gasteiger partial charge in [0.1, 0.15) is 5.78 Å². The van der Waals surface area contributed by atoms with Gasteiger partial charge in [-0.05, 0) is 19.8 Å². The van der Waals surface area contributed by atoms with E-state index in [1.165, 1.54) is 6.92 Å². The Morgan fingerprint density at radius 3 is 2.73 bits per heavy atom. The molecule has 0 radical (unpaired) electrons. The molecule has 0 aromatic heterocycles. The maximum atomic E-state index is 10.9. The van der Waals surface area contributed by atoms with Gasteiger partial charge < -0.3 is 5.73 Å². The molecule has 1 atom stereocenters. The minimum atomic E-state index is -0.767. The molecule has 0 saturated carbocycles. The molecule has 0 spiro atoms. The van der Waals surface area contributed by atoms with Crippen molar-refractivity contribution in [2.45, 2.75) is 26.7 Å². The first-order valence-electron chi connectivity index (χ1n) is 4.65. The van der Waals surface area contributed by atoms with E-state index in [4.69, 9.17) is 5.73 Å². The summed E-state index contributed by atoms with van der Waals surface area (Å²) in [4.78, 5) is 24.5. The van der Waals surface area contributed by atoms with Crippen LogP contribution in [0.2, 0.25) is 0 Å². The summed E-state index contributed by atoms with van der Waals surface area (Å²) in [6.45, 7) is 3.76. The molecule has 0 aliphatic rings. The Morgan fingerprint density at radius 2 is 2.27 bits per heavy atom. The van der Waals surface area contributed by atoms with Crippen molar-refractivity contribution >= 4 is 11.7 Å². The highest BCUT2D eigenvalue weighted by Crippen LogP contribution is 2.05. The number of rotatable bonds is 6. The van der Waals surface area contributed by atoms with E-state index in [1.807, 2.05) is 6.92 Å². The lowest BCUT2D eigenvalue weighted by molar-refractivity contribution is -0.525. The zero-order valence-corrected chi connectivity index (χ0v) is 8.90. The number of nitrogens with one attached hydrogen (secondary N) is 1. The molecule has 0 aromatic carbocycles. The van der Waals surface area contributed by atoms with E-state index in [1.54, 1.807) is 5.43 Å². The average Bonchev–Trinajstić information content (AvgIpc) is 2.10. The Labute approximate surface area is 87.9 Å². The molecule has 86 valence electrons. The average molecular weight is 216 g/mol. The van der Waals surface area contributed by atoms with Crippen molar-refractivity contribution in [3.8, 4) is 0 Å². The number of carbonyl (C=O) groups excluding carboxylic acids is 1. The minimum absolute atomic E-state index is 0.00454. The van der Waals surface area contributed by atoms with Crippen molar-refractivity contribution in [3.05, 3.63) is 10.1 Å². The topological polar surface area (TPSA) is 111 Å². The van der Waals surface area contributed by atoms with Crippen LogP contribution in [0.25, 0.3) is 0 Å². The first-order valence-corrected chi connectivity index (χ1v) is 4.65. The molecule has 1 unspecified atom stereocenters. The molecule has 0 aliphatic carbocycles. The SMILES string of the molecule is CC(=O)C(C)CCCN=C(N)N[N+](=O)[O-]. The van der Waals surface area contributed by atoms with Gasteiger partial charge in [0.25, 0.3) is 5.96 Å². The van der Waals surface area contributed by atoms with Crippen molar-refractivity contribution in [1.29, 1.82) is 0 Å². The van der Waals surface area contributed by atoms with Gasteiger partial charge in [-0.2, -0.15) is 0 Å². The third-order valence-electron chi connectivity index (χ3n) is 1.98. The predicted molar refractivity (Wildman–Crippen MR) is 55.7 cm³/mol. The second-order valence-electron chi connectivity index (χ2n) is 3.29. The molecular weight excluding hydrogens is 200 g/mol. The number of aliphatic imine (C=N–C) groups is 1. The number of ketones is 1. The van der Waals surface area contributed by atoms with Crippen LogP contribution >= 0.6 is 0 Å². The fourth-order valence-electron chi connectivity index (χ4n) is 0.929. The number of hydrogen-bond donors (Lipinski definition) is 2. The van der Waals surface area contributed by atoms with E-state index < -0.39 is 5.03 Å². The zero-order valence-electron chi connectivity index (χ0n) is 8.90. The maximum absolute atomic E-state index is 10.9. The monoisotopic (exact) mass is 216 g/mol. The van der Waals surface area contributed by atoms with Gasteiger partial charge >= 0.3 is 0 Å². The van der Waals surface area contributed by atoms with Crippen molar-refractivity contribution in [1.82, 2.24) is 5.43 Å². The van der Waals surface area contributed by atoms with Crippen LogP contribution in [0.3, 0.4) is 0 Å². The van der Waals surface area contributed by atoms with E-state index in [-0.39, 0.29) is 17.7 Å². The molecule has 15 heavy (non-hydrogen) atoms. The lowest BCUT2D eigenvalue weighted by atomic mass is 10.0. The molecule has 0 fully saturated rings. The summed E-state index contributed by atoms with van der Waals surface area (Å²) >= 11 is 0. The Hall–Kier alpha value is -1.66. The Bertz CT molecular complexity index is 265. The fraction of sp³-hybridized carbons (Fsp3) is 0.750. The van der Waals surface area contributed by atoms with E-state index >= 15 is 0 Å². The van der Waals surface area contributed by atoms with Crippen LogP contribution in [0.4, 0.5) is 0 Å². The van der Waals surface area contributed by atoms with Gasteiger partial charge in [0.15, 0.2) is 5.03 Å². The van der Waals surface area contributed by atoms with Crippen LogP contribution in [-0.4, -0.2) is 23.3 Å². The minimum Gasteiger partial charge on any atom is -0.365 e. The van der Waals surface area contributed by atoms with E-state index in [2.05, 4.69) is 4.99 Å². The van der Waals surface area contributed by atoms with Crippen LogP contribution in [0, 0.1) is 16.0 Å². The highest BCUT2D eigenvalue weighted by Gasteiger charge is 2.06. The highest BCUT2D eigenvalue weighted by atomic mass is 16.7. The highest BCUT2D eigenvalue weighted by molar-refractivity contribution is 5.77. The van der Waals surface area contributed by atoms with Gasteiger partial charge in [0.05, 0.1) is 0 Å². The standard InChI is InChI=1S/C8H16N4O3/c1-6(7(2)13)4-3-5-10-8(9)11-12(14)15/h6H,3-5H2,1-2H3,(H3,9,10,11). The quantitative estimate of drug-likeness (QED) is 0.215. The molecule has 7 nitrogen and oxygen atoms in total. The first-order chi connectivity index (χ1) is 6.93. The second kappa shape index (κ2) is 6.74. The number of nitro groups is 1. The van der Waals surface area contributed by atoms with Crippen molar-refractivity contribution in [2.24, 2.45) is 16.6 Å². The summed E-state index contributed by atoms with van der Waals surface area (Å²) in [6.07, 6.45) is 1.39. The fourth-order valence-corrected chi connectivity index (χ4v) is 0.929. The summed E-state index contributed by atoms with van der Waals surface area (Å²) in [6, 6.07) is 0. The Balaban J connectivity index is 3.69. The van der Waals surface area contributed by atoms with E-state index in [0.717, 1.165) is 0 Å². The predicted octanol–water partition coefficient (Wildman–Crippen LogP) is 0.0877. The molecule has 0 saturated heterocycles. The third kappa shape index (κ3) is 7.41. The Kier molecular flexibility index (Phi) is 6.00. The van der Waals surface area contributed by atoms with Gasteiger partial charge in [-0.3, -0.25) is 4.79 Å². The van der Waals surface area contributed by atoms with Gasteiger partial charge in [-0.15, -0.1) is 0 Å². The van der Waals surface area contributed by atoms with Crippen molar-refractivity contribution in [3.63, 3.8) is 0 Å². The number of nitrogens with zero attached hydrogens (tertiary/aromatic N) is 2. The van der Waals surface area contributed by atoms with Crippen LogP contribution in [0.1, 0.15) is 26.7 Å². The maximum Gasteiger partial charge on any atom is 0.251 e. The second-order valence-corrected chi connectivity index (χ2v) is 3.29. The normalized spacial score (nSPS) is 13.3. The molecular formula is C8H16N4O3. The number of hydrogen-bond acceptors (Lipinski definition) is 4. The number of nitrogens with two attached hydrogens (primary N) is 1. The molecule has 3 N–H and O–H groups in total. The molecule has 0 aromatic rings. The van der Waals surface area contributed by atoms with E-state index in [0.29, 0.717) is 19.4 Å². The van der Waals surface area contributed by atoms with Crippen LogP contribution in [0.15, 0.2) is 4.99 Å². The van der Waals surface area contributed by atoms with Gasteiger partial charge in [0.2, 0.25) is 0 Å². The molecule has 7 heteroatoms. The lowest BCUT2D eigenvalue weighted by Gasteiger charge is -2.04. The summed E-state index contributed by atoms with van der Waals surface area (Å²) in [5, 5.41) is 9.16. The molecule has 0 aliphatic heterocycles. The van der Waals surface area contributed by atoms with Gasteiger partial charge in [0, 0.05) is 12.5 Å². The summed E-state index contributed by atoms with van der Waals surface area (Å²) < 4.78 is 0. The van der Waals surface area contributed by atoms with Crippen LogP contribution < -0.4 is 11.2 Å². The Morgan fingerprint density at radius 1 is 1.67 bits per heavy atom. The summed E-state index contributed by atoms with van der Waals surface area (Å²) in [5.74, 6) is -0.0734. The van der Waals surface area contributed by atoms with Crippen LogP contribution in [0.5, 0.6) is 0 Å². The number of Topliss-reactive ketones (excluding diaryl/α,β-unsaturated/α-hetero) is 1. The van der Waals surface area contributed by atoms with Crippen molar-refractivity contribution in [2.75, 3.05) is 6.54 Å². The zero-order chi connectivity index (χ0) is 11.8. The van der Waals surface area contributed by atoms with E-state index in [9.17, 15) is 14.9 Å². The molecule has 0 bridgehead atoms. The molecule has 0 rings (SSSR count). The number of carbonyl (C=O) groups is 1. The van der Waals surface area contributed by atoms with Crippen LogP contribution in [-0.2, 0) is 4.79 Å². The largest absolute Gasteiger partial charge is 0.365 e. The smallest absolute Gasteiger partial charge is 0.251 e. The summed E-state index contributed by atoms with van der Waals surface area (Å²) in [5.41, 5.74) is 6.92. The van der Waals surface area contributed by atoms with Gasteiger partial charge in [-0.1, -0.05) is 12.3 Å². The molecule has 0 amide bonds. The molecule has 0 heterocycles. The number of hydrazine groups is 1. The summed E-state index contributed by atoms with van der Waals surface area (Å²) in [7, 11) is 0. The lowest BCUT2D eigenvalue weighted by Crippen LogP contribution is -2.36.